The zero-order valence-corrected chi connectivity index (χ0v) is 10.9. The van der Waals surface area contributed by atoms with Crippen molar-refractivity contribution in [3.63, 3.8) is 0 Å². The fraction of sp³-hybridized carbons (Fsp3) is 0.643. The van der Waals surface area contributed by atoms with Gasteiger partial charge in [-0.2, -0.15) is 0 Å². The van der Waals surface area contributed by atoms with Gasteiger partial charge in [-0.15, -0.1) is 0 Å². The number of hydrogen-bond acceptors (Lipinski definition) is 2. The van der Waals surface area contributed by atoms with Crippen molar-refractivity contribution < 1.29 is 4.79 Å². The third-order valence-corrected chi connectivity index (χ3v) is 4.00. The number of amides is 1. The molecule has 1 saturated heterocycles. The Morgan fingerprint density at radius 1 is 1.44 bits per heavy atom. The molecule has 1 aliphatic carbocycles. The summed E-state index contributed by atoms with van der Waals surface area (Å²) >= 11 is 0. The predicted molar refractivity (Wildman–Crippen MR) is 70.6 cm³/mol. The van der Waals surface area contributed by atoms with Gasteiger partial charge in [-0.25, -0.2) is 0 Å². The van der Waals surface area contributed by atoms with Gasteiger partial charge in [-0.1, -0.05) is 0 Å². The molecule has 1 aromatic rings. The maximum absolute atomic E-state index is 12.5. The SMILES string of the molecule is CNCC1CCN(C(=O)c2cccn2C2CC2)C1. The van der Waals surface area contributed by atoms with Crippen LogP contribution in [0.1, 0.15) is 35.8 Å². The number of rotatable bonds is 4. The Hall–Kier alpha value is -1.29. The van der Waals surface area contributed by atoms with Crippen molar-refractivity contribution >= 4 is 5.91 Å². The van der Waals surface area contributed by atoms with E-state index in [1.165, 1.54) is 12.8 Å². The molecule has 1 unspecified atom stereocenters. The third kappa shape index (κ3) is 2.17. The minimum absolute atomic E-state index is 0.213. The molecule has 0 bridgehead atoms. The fourth-order valence-corrected chi connectivity index (χ4v) is 2.88. The normalized spacial score (nSPS) is 23.6. The number of nitrogens with one attached hydrogen (secondary N) is 1. The van der Waals surface area contributed by atoms with Gasteiger partial charge in [0.2, 0.25) is 0 Å². The first-order chi connectivity index (χ1) is 8.79. The Bertz CT molecular complexity index is 436. The van der Waals surface area contributed by atoms with Crippen molar-refractivity contribution in [1.29, 1.82) is 0 Å². The van der Waals surface area contributed by atoms with E-state index in [0.29, 0.717) is 12.0 Å². The highest BCUT2D eigenvalue weighted by Gasteiger charge is 2.31. The molecule has 0 aromatic carbocycles. The van der Waals surface area contributed by atoms with E-state index >= 15 is 0 Å². The Balaban J connectivity index is 1.69. The second kappa shape index (κ2) is 4.76. The summed E-state index contributed by atoms with van der Waals surface area (Å²) in [6.07, 6.45) is 5.61. The van der Waals surface area contributed by atoms with Gasteiger partial charge in [0.25, 0.3) is 5.91 Å². The zero-order chi connectivity index (χ0) is 12.5. The van der Waals surface area contributed by atoms with Crippen LogP contribution in [0.2, 0.25) is 0 Å². The highest BCUT2D eigenvalue weighted by Crippen LogP contribution is 2.36. The summed E-state index contributed by atoms with van der Waals surface area (Å²) in [4.78, 5) is 14.5. The molecule has 1 N–H and O–H groups in total. The molecule has 3 rings (SSSR count). The van der Waals surface area contributed by atoms with Crippen molar-refractivity contribution in [3.8, 4) is 0 Å². The first-order valence-electron chi connectivity index (χ1n) is 6.90. The molecule has 0 spiro atoms. The minimum atomic E-state index is 0.213. The van der Waals surface area contributed by atoms with Crippen molar-refractivity contribution in [2.45, 2.75) is 25.3 Å². The highest BCUT2D eigenvalue weighted by atomic mass is 16.2. The standard InChI is InChI=1S/C14H21N3O/c1-15-9-11-6-8-16(10-11)14(18)13-3-2-7-17(13)12-4-5-12/h2-3,7,11-12,15H,4-6,8-10H2,1H3. The van der Waals surface area contributed by atoms with Gasteiger partial charge in [0.1, 0.15) is 5.69 Å². The van der Waals surface area contributed by atoms with Crippen LogP contribution in [-0.4, -0.2) is 42.1 Å². The molecular formula is C14H21N3O. The van der Waals surface area contributed by atoms with E-state index in [1.807, 2.05) is 30.3 Å². The smallest absolute Gasteiger partial charge is 0.270 e. The number of hydrogen-bond donors (Lipinski definition) is 1. The van der Waals surface area contributed by atoms with E-state index in [9.17, 15) is 4.79 Å². The molecule has 2 fully saturated rings. The van der Waals surface area contributed by atoms with E-state index in [-0.39, 0.29) is 5.91 Å². The van der Waals surface area contributed by atoms with Gasteiger partial charge in [0, 0.05) is 25.3 Å². The molecule has 4 heteroatoms. The molecule has 1 atom stereocenters. The molecule has 98 valence electrons. The summed E-state index contributed by atoms with van der Waals surface area (Å²) in [6, 6.07) is 4.54. The topological polar surface area (TPSA) is 37.3 Å². The van der Waals surface area contributed by atoms with Gasteiger partial charge in [-0.05, 0) is 50.9 Å². The summed E-state index contributed by atoms with van der Waals surface area (Å²) in [5.41, 5.74) is 0.877. The lowest BCUT2D eigenvalue weighted by Crippen LogP contribution is -2.31. The molecule has 1 saturated carbocycles. The summed E-state index contributed by atoms with van der Waals surface area (Å²) in [5.74, 6) is 0.828. The number of likely N-dealkylation sites (tertiary alicyclic amines) is 1. The van der Waals surface area contributed by atoms with Crippen LogP contribution >= 0.6 is 0 Å². The fourth-order valence-electron chi connectivity index (χ4n) is 2.88. The Morgan fingerprint density at radius 2 is 2.28 bits per heavy atom. The van der Waals surface area contributed by atoms with Gasteiger partial charge in [0.15, 0.2) is 0 Å². The molecule has 1 aliphatic heterocycles. The predicted octanol–water partition coefficient (Wildman–Crippen LogP) is 1.50. The third-order valence-electron chi connectivity index (χ3n) is 4.00. The monoisotopic (exact) mass is 247 g/mol. The van der Waals surface area contributed by atoms with Crippen LogP contribution in [0.3, 0.4) is 0 Å². The van der Waals surface area contributed by atoms with E-state index in [0.717, 1.165) is 31.7 Å². The maximum Gasteiger partial charge on any atom is 0.270 e. The molecule has 1 aromatic heterocycles. The summed E-state index contributed by atoms with van der Waals surface area (Å²) in [7, 11) is 1.97. The van der Waals surface area contributed by atoms with Crippen LogP contribution in [0.15, 0.2) is 18.3 Å². The van der Waals surface area contributed by atoms with Gasteiger partial charge in [-0.3, -0.25) is 4.79 Å². The molecular weight excluding hydrogens is 226 g/mol. The minimum Gasteiger partial charge on any atom is -0.340 e. The number of carbonyl (C=O) groups is 1. The van der Waals surface area contributed by atoms with E-state index in [2.05, 4.69) is 9.88 Å². The largest absolute Gasteiger partial charge is 0.340 e. The average Bonchev–Trinajstić information content (AvgIpc) is 2.93. The molecule has 1 amide bonds. The Kier molecular flexibility index (Phi) is 3.12. The van der Waals surface area contributed by atoms with Crippen LogP contribution in [0.4, 0.5) is 0 Å². The first kappa shape index (κ1) is 11.8. The maximum atomic E-state index is 12.5. The van der Waals surface area contributed by atoms with Crippen LogP contribution in [0, 0.1) is 5.92 Å². The van der Waals surface area contributed by atoms with Crippen molar-refractivity contribution in [3.05, 3.63) is 24.0 Å². The molecule has 18 heavy (non-hydrogen) atoms. The van der Waals surface area contributed by atoms with Gasteiger partial charge >= 0.3 is 0 Å². The van der Waals surface area contributed by atoms with Crippen molar-refractivity contribution in [2.75, 3.05) is 26.7 Å². The summed E-state index contributed by atoms with van der Waals surface area (Å²) in [6.45, 7) is 2.81. The van der Waals surface area contributed by atoms with Crippen molar-refractivity contribution in [1.82, 2.24) is 14.8 Å². The Labute approximate surface area is 108 Å². The van der Waals surface area contributed by atoms with E-state index in [4.69, 9.17) is 0 Å². The number of carbonyl (C=O) groups excluding carboxylic acids is 1. The molecule has 4 nitrogen and oxygen atoms in total. The van der Waals surface area contributed by atoms with Crippen LogP contribution < -0.4 is 5.32 Å². The van der Waals surface area contributed by atoms with Crippen LogP contribution in [0.5, 0.6) is 0 Å². The summed E-state index contributed by atoms with van der Waals surface area (Å²) < 4.78 is 2.16. The molecule has 2 heterocycles. The molecule has 0 radical (unpaired) electrons. The zero-order valence-electron chi connectivity index (χ0n) is 10.9. The molecule has 2 aliphatic rings. The number of nitrogens with zero attached hydrogens (tertiary/aromatic N) is 2. The summed E-state index contributed by atoms with van der Waals surface area (Å²) in [5, 5.41) is 3.20. The van der Waals surface area contributed by atoms with Gasteiger partial charge in [0.05, 0.1) is 0 Å². The first-order valence-corrected chi connectivity index (χ1v) is 6.90. The van der Waals surface area contributed by atoms with Crippen LogP contribution in [0.25, 0.3) is 0 Å². The second-order valence-corrected chi connectivity index (χ2v) is 5.50. The van der Waals surface area contributed by atoms with Crippen LogP contribution in [-0.2, 0) is 0 Å². The van der Waals surface area contributed by atoms with E-state index in [1.54, 1.807) is 0 Å². The quantitative estimate of drug-likeness (QED) is 0.875. The van der Waals surface area contributed by atoms with Gasteiger partial charge < -0.3 is 14.8 Å². The second-order valence-electron chi connectivity index (χ2n) is 5.50. The highest BCUT2D eigenvalue weighted by molar-refractivity contribution is 5.93. The Morgan fingerprint density at radius 3 is 3.00 bits per heavy atom. The number of aromatic nitrogens is 1. The van der Waals surface area contributed by atoms with Crippen molar-refractivity contribution in [2.24, 2.45) is 5.92 Å². The lowest BCUT2D eigenvalue weighted by atomic mass is 10.1. The lowest BCUT2D eigenvalue weighted by molar-refractivity contribution is 0.0776. The lowest BCUT2D eigenvalue weighted by Gasteiger charge is -2.18. The van der Waals surface area contributed by atoms with E-state index < -0.39 is 0 Å². The average molecular weight is 247 g/mol.